The summed E-state index contributed by atoms with van der Waals surface area (Å²) in [6.45, 7) is 12.1. The monoisotopic (exact) mass is 459 g/mol. The van der Waals surface area contributed by atoms with E-state index in [4.69, 9.17) is 16.0 Å². The number of halogens is 1. The van der Waals surface area contributed by atoms with Gasteiger partial charge in [0.05, 0.1) is 0 Å². The van der Waals surface area contributed by atoms with Crippen LogP contribution in [0.25, 0.3) is 0 Å². The number of nitrogens with zero attached hydrogens (tertiary/aromatic N) is 1. The molecule has 144 valence electrons. The number of rotatable bonds is 4. The standard InChI is InChI=1S/C20H30ClNO2SeSi/c1-20(2,3)26(4,5)24-14-11-17-18(25-15-9-7-6-8-10-15)12-16(21)19(23)22(17)13-14/h6-10,14,16-18H,11-13H2,1-5H3/t14-,16-,17-,18+/m1/s1. The van der Waals surface area contributed by atoms with E-state index in [0.717, 1.165) is 12.8 Å². The summed E-state index contributed by atoms with van der Waals surface area (Å²) in [5.41, 5.74) is 0. The first-order valence-corrected chi connectivity index (χ1v) is 14.6. The molecule has 0 spiro atoms. The van der Waals surface area contributed by atoms with Gasteiger partial charge in [-0.15, -0.1) is 0 Å². The molecule has 0 aliphatic carbocycles. The van der Waals surface area contributed by atoms with Gasteiger partial charge in [-0.3, -0.25) is 0 Å². The van der Waals surface area contributed by atoms with Gasteiger partial charge in [0.15, 0.2) is 0 Å². The van der Waals surface area contributed by atoms with E-state index in [9.17, 15) is 4.79 Å². The Morgan fingerprint density at radius 1 is 1.19 bits per heavy atom. The van der Waals surface area contributed by atoms with Crippen molar-refractivity contribution < 1.29 is 9.22 Å². The van der Waals surface area contributed by atoms with Crippen LogP contribution in [-0.2, 0) is 9.22 Å². The maximum absolute atomic E-state index is 12.7. The Kier molecular flexibility index (Phi) is 5.96. The maximum atomic E-state index is 12.7. The van der Waals surface area contributed by atoms with Crippen molar-refractivity contribution in [3.05, 3.63) is 30.3 Å². The average molecular weight is 459 g/mol. The molecular formula is C20H30ClNO2SeSi. The number of amides is 1. The number of hydrogen-bond donors (Lipinski definition) is 0. The summed E-state index contributed by atoms with van der Waals surface area (Å²) < 4.78 is 8.03. The molecule has 26 heavy (non-hydrogen) atoms. The number of carbonyl (C=O) groups excluding carboxylic acids is 1. The van der Waals surface area contributed by atoms with Crippen molar-refractivity contribution in [3.8, 4) is 0 Å². The van der Waals surface area contributed by atoms with Gasteiger partial charge in [0, 0.05) is 0 Å². The van der Waals surface area contributed by atoms with Crippen molar-refractivity contribution in [1.82, 2.24) is 4.90 Å². The molecule has 1 amide bonds. The molecule has 3 rings (SSSR count). The van der Waals surface area contributed by atoms with E-state index >= 15 is 0 Å². The normalized spacial score (nSPS) is 29.8. The molecule has 0 bridgehead atoms. The number of benzene rings is 1. The topological polar surface area (TPSA) is 29.5 Å². The van der Waals surface area contributed by atoms with Crippen molar-refractivity contribution in [2.45, 2.75) is 74.1 Å². The second-order valence-corrected chi connectivity index (χ2v) is 17.0. The van der Waals surface area contributed by atoms with Gasteiger partial charge in [-0.1, -0.05) is 0 Å². The molecule has 1 aromatic carbocycles. The molecule has 0 unspecified atom stereocenters. The molecule has 3 nitrogen and oxygen atoms in total. The van der Waals surface area contributed by atoms with E-state index in [2.05, 4.69) is 64.2 Å². The number of carbonyl (C=O) groups is 1. The van der Waals surface area contributed by atoms with Crippen molar-refractivity contribution >= 4 is 45.2 Å². The molecule has 2 saturated heterocycles. The third-order valence-corrected chi connectivity index (χ3v) is 13.8. The minimum atomic E-state index is -1.84. The molecule has 2 aliphatic heterocycles. The van der Waals surface area contributed by atoms with Crippen LogP contribution in [0.4, 0.5) is 0 Å². The van der Waals surface area contributed by atoms with Gasteiger partial charge >= 0.3 is 170 Å². The van der Waals surface area contributed by atoms with Crippen LogP contribution < -0.4 is 4.46 Å². The predicted octanol–water partition coefficient (Wildman–Crippen LogP) is 3.81. The zero-order valence-corrected chi connectivity index (χ0v) is 19.8. The van der Waals surface area contributed by atoms with E-state index in [0.29, 0.717) is 26.3 Å². The quantitative estimate of drug-likeness (QED) is 0.507. The third kappa shape index (κ3) is 4.23. The fourth-order valence-corrected chi connectivity index (χ4v) is 8.34. The van der Waals surface area contributed by atoms with Crippen LogP contribution >= 0.6 is 11.6 Å². The van der Waals surface area contributed by atoms with E-state index in [1.807, 2.05) is 4.90 Å². The Hall–Kier alpha value is -0.324. The van der Waals surface area contributed by atoms with Crippen LogP contribution in [0.2, 0.25) is 22.9 Å². The van der Waals surface area contributed by atoms with E-state index in [1.54, 1.807) is 0 Å². The summed E-state index contributed by atoms with van der Waals surface area (Å²) in [6.07, 6.45) is 1.91. The summed E-state index contributed by atoms with van der Waals surface area (Å²) in [5.74, 6) is 0.109. The van der Waals surface area contributed by atoms with Crippen molar-refractivity contribution in [2.24, 2.45) is 0 Å². The van der Waals surface area contributed by atoms with Gasteiger partial charge in [-0.2, -0.15) is 0 Å². The number of piperidine rings is 1. The molecular weight excluding hydrogens is 429 g/mol. The molecule has 2 heterocycles. The van der Waals surface area contributed by atoms with Crippen LogP contribution in [0.3, 0.4) is 0 Å². The average Bonchev–Trinajstić information content (AvgIpc) is 2.96. The molecule has 6 heteroatoms. The third-order valence-electron chi connectivity index (χ3n) is 6.02. The Balaban J connectivity index is 1.75. The van der Waals surface area contributed by atoms with E-state index < -0.39 is 8.32 Å². The van der Waals surface area contributed by atoms with Crippen LogP contribution in [0, 0.1) is 0 Å². The van der Waals surface area contributed by atoms with Crippen LogP contribution in [0.15, 0.2) is 30.3 Å². The minimum absolute atomic E-state index is 0.109. The summed E-state index contributed by atoms with van der Waals surface area (Å²) >= 11 is 6.76. The van der Waals surface area contributed by atoms with Crippen molar-refractivity contribution in [3.63, 3.8) is 0 Å². The Labute approximate surface area is 170 Å². The molecule has 0 saturated carbocycles. The van der Waals surface area contributed by atoms with Gasteiger partial charge in [-0.25, -0.2) is 0 Å². The first-order valence-electron chi connectivity index (χ1n) is 9.42. The second kappa shape index (κ2) is 7.60. The Morgan fingerprint density at radius 3 is 2.46 bits per heavy atom. The van der Waals surface area contributed by atoms with Crippen LogP contribution in [-0.4, -0.2) is 58.1 Å². The Bertz CT molecular complexity index is 649. The second-order valence-electron chi connectivity index (χ2n) is 8.97. The molecule has 0 N–H and O–H groups in total. The Morgan fingerprint density at radius 2 is 1.85 bits per heavy atom. The molecule has 4 atom stereocenters. The summed E-state index contributed by atoms with van der Waals surface area (Å²) in [6, 6.07) is 10.9. The fourth-order valence-electron chi connectivity index (χ4n) is 3.55. The van der Waals surface area contributed by atoms with Gasteiger partial charge in [0.1, 0.15) is 0 Å². The molecule has 2 aliphatic rings. The summed E-state index contributed by atoms with van der Waals surface area (Å²) in [5, 5.41) is -0.198. The fraction of sp³-hybridized carbons (Fsp3) is 0.650. The van der Waals surface area contributed by atoms with E-state index in [1.165, 1.54) is 4.46 Å². The van der Waals surface area contributed by atoms with Gasteiger partial charge in [0.25, 0.3) is 0 Å². The van der Waals surface area contributed by atoms with Crippen LogP contribution in [0.1, 0.15) is 33.6 Å². The molecule has 2 fully saturated rings. The number of alkyl halides is 1. The van der Waals surface area contributed by atoms with Gasteiger partial charge in [-0.05, 0) is 0 Å². The summed E-state index contributed by atoms with van der Waals surface area (Å²) in [4.78, 5) is 15.2. The zero-order chi connectivity index (χ0) is 19.1. The van der Waals surface area contributed by atoms with E-state index in [-0.39, 0.29) is 28.5 Å². The number of fused-ring (bicyclic) bond motifs is 1. The molecule has 0 aromatic heterocycles. The number of hydrogen-bond acceptors (Lipinski definition) is 2. The summed E-state index contributed by atoms with van der Waals surface area (Å²) in [7, 11) is -1.84. The SMILES string of the molecule is CC(C)(C)[Si](C)(C)O[C@@H]1C[C@@H]2[C@@H]([Se]c3ccccc3)C[C@@H](Cl)C(=O)N2C1. The zero-order valence-electron chi connectivity index (χ0n) is 16.4. The van der Waals surface area contributed by atoms with Crippen molar-refractivity contribution in [2.75, 3.05) is 6.54 Å². The van der Waals surface area contributed by atoms with Gasteiger partial charge in [0.2, 0.25) is 0 Å². The van der Waals surface area contributed by atoms with Crippen LogP contribution in [0.5, 0.6) is 0 Å². The molecule has 1 aromatic rings. The first kappa shape index (κ1) is 20.4. The predicted molar refractivity (Wildman–Crippen MR) is 112 cm³/mol. The van der Waals surface area contributed by atoms with Crippen molar-refractivity contribution in [1.29, 1.82) is 0 Å². The molecule has 0 radical (unpaired) electrons. The first-order chi connectivity index (χ1) is 12.1. The van der Waals surface area contributed by atoms with Gasteiger partial charge < -0.3 is 0 Å².